The zero-order valence-electron chi connectivity index (χ0n) is 11.4. The average Bonchev–Trinajstić information content (AvgIpc) is 3.05. The summed E-state index contributed by atoms with van der Waals surface area (Å²) >= 11 is 36.3. The van der Waals surface area contributed by atoms with Gasteiger partial charge < -0.3 is 0 Å². The molecule has 0 N–H and O–H groups in total. The first-order valence-electron chi connectivity index (χ1n) is 6.02. The van der Waals surface area contributed by atoms with Gasteiger partial charge in [-0.2, -0.15) is 0 Å². The summed E-state index contributed by atoms with van der Waals surface area (Å²) in [5.74, 6) is 0.640. The van der Waals surface area contributed by atoms with Crippen LogP contribution in [0, 0.1) is 0 Å². The topological polar surface area (TPSA) is 36.9 Å². The van der Waals surface area contributed by atoms with E-state index < -0.39 is 8.17 Å². The van der Waals surface area contributed by atoms with Crippen molar-refractivity contribution < 1.29 is 18.1 Å². The molecule has 1 aromatic rings. The second-order valence-corrected chi connectivity index (χ2v) is 9.01. The van der Waals surface area contributed by atoms with Gasteiger partial charge in [0.2, 0.25) is 0 Å². The Morgan fingerprint density at radius 2 is 1.00 bits per heavy atom. The van der Waals surface area contributed by atoms with Gasteiger partial charge in [0.15, 0.2) is 0 Å². The second-order valence-electron chi connectivity index (χ2n) is 4.55. The van der Waals surface area contributed by atoms with E-state index in [0.717, 1.165) is 0 Å². The van der Waals surface area contributed by atoms with Crippen molar-refractivity contribution in [2.45, 2.75) is 13.8 Å². The third kappa shape index (κ3) is 2.83. The molecule has 2 heterocycles. The van der Waals surface area contributed by atoms with Crippen LogP contribution in [0.5, 0.6) is 11.5 Å². The molecule has 0 aromatic heterocycles. The Labute approximate surface area is 162 Å². The van der Waals surface area contributed by atoms with Crippen molar-refractivity contribution in [3.63, 3.8) is 0 Å². The van der Waals surface area contributed by atoms with E-state index in [1.165, 1.54) is 0 Å². The normalized spacial score (nSPS) is 23.5. The van der Waals surface area contributed by atoms with Crippen LogP contribution in [0.3, 0.4) is 0 Å². The van der Waals surface area contributed by atoms with E-state index in [0.29, 0.717) is 10.1 Å². The molecule has 2 aliphatic rings. The Morgan fingerprint density at radius 3 is 1.30 bits per heavy atom. The Hall–Kier alpha value is 0.0700. The van der Waals surface area contributed by atoms with Gasteiger partial charge in [0.25, 0.3) is 0 Å². The fraction of sp³-hybridized carbons (Fsp3) is 0.167. The third-order valence-electron chi connectivity index (χ3n) is 2.92. The molecule has 11 heteroatoms. The number of halogens is 6. The number of benzene rings is 1. The summed E-state index contributed by atoms with van der Waals surface area (Å²) in [6, 6.07) is 0. The Kier molecular flexibility index (Phi) is 4.74. The van der Waals surface area contributed by atoms with E-state index in [4.69, 9.17) is 87.7 Å². The fourth-order valence-electron chi connectivity index (χ4n) is 1.94. The fourth-order valence-corrected chi connectivity index (χ4v) is 5.48. The van der Waals surface area contributed by atoms with Gasteiger partial charge in [0, 0.05) is 0 Å². The molecule has 23 heavy (non-hydrogen) atoms. The first-order chi connectivity index (χ1) is 10.7. The summed E-state index contributed by atoms with van der Waals surface area (Å²) in [6.07, 6.45) is 0. The number of hydrogen-bond acceptors (Lipinski definition) is 4. The predicted molar refractivity (Wildman–Crippen MR) is 95.3 cm³/mol. The van der Waals surface area contributed by atoms with Crippen molar-refractivity contribution in [3.05, 3.63) is 41.7 Å². The molecule has 0 aliphatic carbocycles. The van der Waals surface area contributed by atoms with E-state index in [9.17, 15) is 0 Å². The van der Waals surface area contributed by atoms with Gasteiger partial charge in [-0.05, 0) is 0 Å². The first kappa shape index (κ1) is 17.9. The molecule has 0 bridgehead atoms. The predicted octanol–water partition coefficient (Wildman–Crippen LogP) is 7.47. The Balaban J connectivity index is 2.10. The monoisotopic (exact) mass is 456 g/mol. The van der Waals surface area contributed by atoms with Gasteiger partial charge in [-0.1, -0.05) is 0 Å². The molecule has 1 spiro atoms. The van der Waals surface area contributed by atoms with Crippen LogP contribution in [-0.2, 0) is 9.05 Å². The zero-order valence-corrected chi connectivity index (χ0v) is 16.9. The van der Waals surface area contributed by atoms with Gasteiger partial charge in [0.1, 0.15) is 0 Å². The molecule has 126 valence electrons. The van der Waals surface area contributed by atoms with E-state index in [-0.39, 0.29) is 43.1 Å². The van der Waals surface area contributed by atoms with Crippen molar-refractivity contribution >= 4 is 77.8 Å². The molecular formula is C12H7Cl6O4P. The molecule has 1 fully saturated rings. The Morgan fingerprint density at radius 1 is 0.652 bits per heavy atom. The maximum absolute atomic E-state index is 6.13. The minimum absolute atomic E-state index is 0.0401. The molecule has 0 radical (unpaired) electrons. The maximum atomic E-state index is 6.13. The molecular weight excluding hydrogens is 452 g/mol. The first-order valence-corrected chi connectivity index (χ1v) is 9.92. The van der Waals surface area contributed by atoms with E-state index in [1.807, 2.05) is 0 Å². The number of rotatable bonds is 0. The average molecular weight is 459 g/mol. The SMILES string of the molecule is C/C(Cl)=C1/O[PH]2(O/C1=C(/C)Cl)Oc1c(Cl)c(Cl)c(Cl)c(Cl)c1O2. The van der Waals surface area contributed by atoms with Gasteiger partial charge in [-0.3, -0.25) is 0 Å². The molecule has 0 amide bonds. The quantitative estimate of drug-likeness (QED) is 0.229. The van der Waals surface area contributed by atoms with E-state index in [1.54, 1.807) is 13.8 Å². The number of fused-ring (bicyclic) bond motifs is 1. The van der Waals surface area contributed by atoms with Gasteiger partial charge in [0.05, 0.1) is 0 Å². The second kappa shape index (κ2) is 6.10. The molecule has 0 saturated carbocycles. The van der Waals surface area contributed by atoms with Crippen LogP contribution in [0.2, 0.25) is 20.1 Å². The standard InChI is InChI=1S/C12H7Cl6O4P/c1-3(13)9-10(4(2)14)20-23(19-9)21-11-7(17)5(15)6(16)8(18)12(11)22-23/h23H,1-2H3/b9-3-,10-4-. The van der Waals surface area contributed by atoms with Crippen molar-refractivity contribution in [2.75, 3.05) is 0 Å². The van der Waals surface area contributed by atoms with Crippen LogP contribution < -0.4 is 9.05 Å². The molecule has 3 rings (SSSR count). The molecule has 0 atom stereocenters. The summed E-state index contributed by atoms with van der Waals surface area (Å²) < 4.78 is 22.8. The summed E-state index contributed by atoms with van der Waals surface area (Å²) in [5.41, 5.74) is 0. The number of allylic oxidation sites excluding steroid dienone is 2. The van der Waals surface area contributed by atoms with Crippen LogP contribution >= 0.6 is 77.8 Å². The summed E-state index contributed by atoms with van der Waals surface area (Å²) in [6.45, 7) is 3.23. The Bertz CT molecular complexity index is 717. The number of hydrogen-bond donors (Lipinski definition) is 0. The van der Waals surface area contributed by atoms with Crippen LogP contribution in [0.25, 0.3) is 0 Å². The van der Waals surface area contributed by atoms with Crippen LogP contribution in [0.15, 0.2) is 21.6 Å². The molecule has 0 unspecified atom stereocenters. The van der Waals surface area contributed by atoms with Gasteiger partial charge in [-0.25, -0.2) is 0 Å². The van der Waals surface area contributed by atoms with Crippen LogP contribution in [-0.4, -0.2) is 0 Å². The van der Waals surface area contributed by atoms with Crippen molar-refractivity contribution in [2.24, 2.45) is 0 Å². The summed E-state index contributed by atoms with van der Waals surface area (Å²) in [5, 5.41) is 0.805. The molecule has 1 aromatic carbocycles. The van der Waals surface area contributed by atoms with Crippen molar-refractivity contribution in [3.8, 4) is 11.5 Å². The third-order valence-corrected chi connectivity index (χ3v) is 6.85. The molecule has 1 saturated heterocycles. The summed E-state index contributed by atoms with van der Waals surface area (Å²) in [7, 11) is -3.70. The summed E-state index contributed by atoms with van der Waals surface area (Å²) in [4.78, 5) is 0. The van der Waals surface area contributed by atoms with Gasteiger partial charge in [-0.15, -0.1) is 0 Å². The minimum atomic E-state index is -3.70. The van der Waals surface area contributed by atoms with Gasteiger partial charge >= 0.3 is 163 Å². The van der Waals surface area contributed by atoms with Crippen molar-refractivity contribution in [1.82, 2.24) is 0 Å². The van der Waals surface area contributed by atoms with Crippen molar-refractivity contribution in [1.29, 1.82) is 0 Å². The van der Waals surface area contributed by atoms with Crippen LogP contribution in [0.1, 0.15) is 13.8 Å². The van der Waals surface area contributed by atoms with Crippen LogP contribution in [0.4, 0.5) is 0 Å². The zero-order chi connectivity index (χ0) is 17.1. The van der Waals surface area contributed by atoms with E-state index >= 15 is 0 Å². The molecule has 4 nitrogen and oxygen atoms in total. The molecule has 2 aliphatic heterocycles. The van der Waals surface area contributed by atoms with E-state index in [2.05, 4.69) is 0 Å².